The van der Waals surface area contributed by atoms with Crippen molar-refractivity contribution < 1.29 is 10.2 Å². The molecule has 1 aromatic rings. The van der Waals surface area contributed by atoms with Gasteiger partial charge in [0.25, 0.3) is 0 Å². The number of hydrogen-bond donors (Lipinski definition) is 4. The number of phenols is 1. The molecule has 0 spiro atoms. The van der Waals surface area contributed by atoms with Crippen molar-refractivity contribution in [3.63, 3.8) is 0 Å². The normalized spacial score (nSPS) is 23.4. The average molecular weight is 331 g/mol. The van der Waals surface area contributed by atoms with Crippen LogP contribution in [-0.2, 0) is 0 Å². The van der Waals surface area contributed by atoms with Crippen LogP contribution in [0.25, 0.3) is 0 Å². The highest BCUT2D eigenvalue weighted by Gasteiger charge is 2.31. The van der Waals surface area contributed by atoms with E-state index in [1.807, 2.05) is 6.07 Å². The summed E-state index contributed by atoms with van der Waals surface area (Å²) in [5, 5.41) is 27.0. The number of hydrogen-bond acceptors (Lipinski definition) is 6. The van der Waals surface area contributed by atoms with Crippen molar-refractivity contribution in [1.82, 2.24) is 10.6 Å². The van der Waals surface area contributed by atoms with E-state index >= 15 is 0 Å². The number of nitrogens with one attached hydrogen (secondary N) is 2. The molecule has 1 aromatic carbocycles. The van der Waals surface area contributed by atoms with Gasteiger partial charge in [0, 0.05) is 25.0 Å². The van der Waals surface area contributed by atoms with Gasteiger partial charge < -0.3 is 25.7 Å². The highest BCUT2D eigenvalue weighted by molar-refractivity contribution is 8.03. The highest BCUT2D eigenvalue weighted by atomic mass is 32.2. The summed E-state index contributed by atoms with van der Waals surface area (Å²) in [7, 11) is 0. The summed E-state index contributed by atoms with van der Waals surface area (Å²) in [6.07, 6.45) is 4.01. The molecule has 0 radical (unpaired) electrons. The van der Waals surface area contributed by atoms with E-state index in [0.29, 0.717) is 18.1 Å². The second-order valence-electron chi connectivity index (χ2n) is 6.20. The topological polar surface area (TPSA) is 67.8 Å². The van der Waals surface area contributed by atoms with E-state index in [1.165, 1.54) is 12.8 Å². The van der Waals surface area contributed by atoms with Gasteiger partial charge in [0.05, 0.1) is 17.1 Å². The maximum Gasteiger partial charge on any atom is 0.146 e. The lowest BCUT2D eigenvalue weighted by molar-refractivity contribution is 0.420. The monoisotopic (exact) mass is 331 g/mol. The quantitative estimate of drug-likeness (QED) is 0.668. The van der Waals surface area contributed by atoms with Crippen LogP contribution in [0.15, 0.2) is 34.7 Å². The zero-order valence-electron chi connectivity index (χ0n) is 13.1. The van der Waals surface area contributed by atoms with Crippen molar-refractivity contribution in [1.29, 1.82) is 0 Å². The number of anilines is 1. The van der Waals surface area contributed by atoms with Crippen molar-refractivity contribution >= 4 is 17.4 Å². The van der Waals surface area contributed by atoms with Crippen LogP contribution in [0.4, 0.5) is 5.69 Å². The molecule has 5 nitrogen and oxygen atoms in total. The Morgan fingerprint density at radius 1 is 1.22 bits per heavy atom. The third-order valence-corrected chi connectivity index (χ3v) is 6.02. The molecule has 23 heavy (non-hydrogen) atoms. The molecule has 0 aliphatic carbocycles. The molecule has 3 aliphatic rings. The Labute approximate surface area is 140 Å². The number of thioether (sulfide) groups is 1. The zero-order valence-corrected chi connectivity index (χ0v) is 13.9. The molecular formula is C17H21N3O2S. The second kappa shape index (κ2) is 5.60. The van der Waals surface area contributed by atoms with Gasteiger partial charge in [-0.2, -0.15) is 0 Å². The molecule has 1 atom stereocenters. The van der Waals surface area contributed by atoms with E-state index in [2.05, 4.69) is 22.5 Å². The SMILES string of the molecule is Cc1c(C2NC3=C(S2)C(O)=CNC3)ccc(O)c1N1CCCC1. The number of aromatic hydroxyl groups is 1. The maximum absolute atomic E-state index is 10.3. The first-order valence-corrected chi connectivity index (χ1v) is 8.90. The molecule has 6 heteroatoms. The van der Waals surface area contributed by atoms with Gasteiger partial charge in [0.15, 0.2) is 0 Å². The molecule has 0 bridgehead atoms. The first kappa shape index (κ1) is 14.6. The molecule has 1 unspecified atom stereocenters. The first-order chi connectivity index (χ1) is 11.1. The third kappa shape index (κ3) is 2.41. The summed E-state index contributed by atoms with van der Waals surface area (Å²) in [6, 6.07) is 3.78. The summed E-state index contributed by atoms with van der Waals surface area (Å²) < 4.78 is 0. The van der Waals surface area contributed by atoms with Gasteiger partial charge in [-0.3, -0.25) is 0 Å². The molecule has 3 heterocycles. The Balaban J connectivity index is 1.66. The van der Waals surface area contributed by atoms with Crippen molar-refractivity contribution in [2.75, 3.05) is 24.5 Å². The predicted molar refractivity (Wildman–Crippen MR) is 93.5 cm³/mol. The number of benzene rings is 1. The Hall–Kier alpha value is -1.95. The van der Waals surface area contributed by atoms with Gasteiger partial charge in [0.1, 0.15) is 16.9 Å². The number of aliphatic hydroxyl groups excluding tert-OH is 1. The van der Waals surface area contributed by atoms with Crippen molar-refractivity contribution in [2.24, 2.45) is 0 Å². The fourth-order valence-electron chi connectivity index (χ4n) is 3.57. The van der Waals surface area contributed by atoms with E-state index in [1.54, 1.807) is 24.0 Å². The van der Waals surface area contributed by atoms with Crippen LogP contribution < -0.4 is 15.5 Å². The Morgan fingerprint density at radius 3 is 2.74 bits per heavy atom. The van der Waals surface area contributed by atoms with E-state index in [0.717, 1.165) is 40.5 Å². The minimum atomic E-state index is 0.0670. The number of nitrogens with zero attached hydrogens (tertiary/aromatic N) is 1. The van der Waals surface area contributed by atoms with Gasteiger partial charge in [-0.05, 0) is 37.0 Å². The molecule has 0 saturated carbocycles. The van der Waals surface area contributed by atoms with E-state index in [4.69, 9.17) is 0 Å². The highest BCUT2D eigenvalue weighted by Crippen LogP contribution is 2.47. The van der Waals surface area contributed by atoms with Crippen LogP contribution >= 0.6 is 11.8 Å². The predicted octanol–water partition coefficient (Wildman–Crippen LogP) is 2.85. The Bertz CT molecular complexity index is 708. The minimum Gasteiger partial charge on any atom is -0.506 e. The largest absolute Gasteiger partial charge is 0.506 e. The van der Waals surface area contributed by atoms with Crippen molar-refractivity contribution in [3.05, 3.63) is 45.8 Å². The summed E-state index contributed by atoms with van der Waals surface area (Å²) in [5.74, 6) is 0.653. The fourth-order valence-corrected chi connectivity index (χ4v) is 4.84. The first-order valence-electron chi connectivity index (χ1n) is 8.02. The molecule has 0 aromatic heterocycles. The molecule has 1 fully saturated rings. The molecule has 1 saturated heterocycles. The van der Waals surface area contributed by atoms with Gasteiger partial charge in [-0.15, -0.1) is 0 Å². The minimum absolute atomic E-state index is 0.0670. The lowest BCUT2D eigenvalue weighted by atomic mass is 10.0. The number of rotatable bonds is 2. The average Bonchev–Trinajstić information content (AvgIpc) is 3.17. The van der Waals surface area contributed by atoms with Crippen LogP contribution in [0.2, 0.25) is 0 Å². The lowest BCUT2D eigenvalue weighted by Gasteiger charge is -2.25. The van der Waals surface area contributed by atoms with Crippen LogP contribution in [-0.4, -0.2) is 29.8 Å². The molecule has 0 amide bonds. The Kier molecular flexibility index (Phi) is 3.56. The fraction of sp³-hybridized carbons (Fsp3) is 0.412. The smallest absolute Gasteiger partial charge is 0.146 e. The third-order valence-electron chi connectivity index (χ3n) is 4.72. The zero-order chi connectivity index (χ0) is 16.0. The molecule has 4 rings (SSSR count). The molecular weight excluding hydrogens is 310 g/mol. The maximum atomic E-state index is 10.3. The van der Waals surface area contributed by atoms with Crippen LogP contribution in [0.3, 0.4) is 0 Å². The summed E-state index contributed by atoms with van der Waals surface area (Å²) >= 11 is 1.64. The van der Waals surface area contributed by atoms with E-state index < -0.39 is 0 Å². The van der Waals surface area contributed by atoms with Crippen molar-refractivity contribution in [2.45, 2.75) is 25.1 Å². The molecule has 3 aliphatic heterocycles. The van der Waals surface area contributed by atoms with E-state index in [9.17, 15) is 10.2 Å². The number of phenolic OH excluding ortho intramolecular Hbond substituents is 1. The van der Waals surface area contributed by atoms with Gasteiger partial charge in [-0.25, -0.2) is 0 Å². The van der Waals surface area contributed by atoms with E-state index in [-0.39, 0.29) is 5.37 Å². The van der Waals surface area contributed by atoms with Gasteiger partial charge >= 0.3 is 0 Å². The number of dihydropyridines is 1. The Morgan fingerprint density at radius 2 is 2.00 bits per heavy atom. The van der Waals surface area contributed by atoms with Crippen LogP contribution in [0.5, 0.6) is 5.75 Å². The molecule has 122 valence electrons. The summed E-state index contributed by atoms with van der Waals surface area (Å²) in [5.41, 5.74) is 4.28. The standard InChI is InChI=1S/C17H21N3O2S/c1-10-11(4-5-13(21)15(10)20-6-2-3-7-20)17-19-12-8-18-9-14(22)16(12)23-17/h4-5,9,17-19,21-22H,2-3,6-8H2,1H3. The van der Waals surface area contributed by atoms with Gasteiger partial charge in [-0.1, -0.05) is 17.8 Å². The number of aliphatic hydroxyl groups is 1. The lowest BCUT2D eigenvalue weighted by Crippen LogP contribution is -2.25. The second-order valence-corrected chi connectivity index (χ2v) is 7.32. The van der Waals surface area contributed by atoms with Crippen LogP contribution in [0.1, 0.15) is 29.3 Å². The van der Waals surface area contributed by atoms with Gasteiger partial charge in [0.2, 0.25) is 0 Å². The summed E-state index contributed by atoms with van der Waals surface area (Å²) in [4.78, 5) is 3.20. The summed E-state index contributed by atoms with van der Waals surface area (Å²) in [6.45, 7) is 4.80. The van der Waals surface area contributed by atoms with Crippen LogP contribution in [0, 0.1) is 6.92 Å². The van der Waals surface area contributed by atoms with Crippen molar-refractivity contribution in [3.8, 4) is 5.75 Å². The molecule has 4 N–H and O–H groups in total.